The fourth-order valence-corrected chi connectivity index (χ4v) is 1.26. The van der Waals surface area contributed by atoms with Gasteiger partial charge in [-0.3, -0.25) is 4.79 Å². The van der Waals surface area contributed by atoms with E-state index in [9.17, 15) is 9.59 Å². The van der Waals surface area contributed by atoms with Crippen LogP contribution in [0.4, 0.5) is 5.69 Å². The Morgan fingerprint density at radius 2 is 1.94 bits per heavy atom. The standard InChI is InChI=1S/C12H15NO4/c1-7(2)17-10-5-4-8(6-9(10)13)11(14)12(15)16-3/h4-7H,13H2,1-3H3. The predicted octanol–water partition coefficient (Wildman–Crippen LogP) is 1.41. The third kappa shape index (κ3) is 3.21. The number of rotatable bonds is 4. The molecule has 0 fully saturated rings. The molecule has 1 aromatic carbocycles. The lowest BCUT2D eigenvalue weighted by atomic mass is 10.1. The molecule has 5 nitrogen and oxygen atoms in total. The number of hydrogen-bond donors (Lipinski definition) is 1. The van der Waals surface area contributed by atoms with Crippen LogP contribution < -0.4 is 10.5 Å². The van der Waals surface area contributed by atoms with Crippen molar-refractivity contribution in [3.63, 3.8) is 0 Å². The van der Waals surface area contributed by atoms with Crippen LogP contribution in [0.3, 0.4) is 0 Å². The number of carbonyl (C=O) groups excluding carboxylic acids is 2. The number of anilines is 1. The Hall–Kier alpha value is -2.04. The van der Waals surface area contributed by atoms with Crippen molar-refractivity contribution in [1.82, 2.24) is 0 Å². The molecule has 0 atom stereocenters. The molecule has 1 rings (SSSR count). The van der Waals surface area contributed by atoms with Crippen LogP contribution in [0.15, 0.2) is 18.2 Å². The molecule has 2 N–H and O–H groups in total. The van der Waals surface area contributed by atoms with E-state index in [0.29, 0.717) is 11.4 Å². The Balaban J connectivity index is 2.96. The van der Waals surface area contributed by atoms with Crippen molar-refractivity contribution in [2.75, 3.05) is 12.8 Å². The molecular formula is C12H15NO4. The second-order valence-electron chi connectivity index (χ2n) is 3.74. The molecule has 0 radical (unpaired) electrons. The largest absolute Gasteiger partial charge is 0.489 e. The Morgan fingerprint density at radius 3 is 2.41 bits per heavy atom. The van der Waals surface area contributed by atoms with Crippen molar-refractivity contribution in [3.05, 3.63) is 23.8 Å². The molecule has 0 amide bonds. The smallest absolute Gasteiger partial charge is 0.379 e. The normalized spacial score (nSPS) is 10.1. The highest BCUT2D eigenvalue weighted by atomic mass is 16.5. The highest BCUT2D eigenvalue weighted by molar-refractivity contribution is 6.40. The highest BCUT2D eigenvalue weighted by Crippen LogP contribution is 2.23. The molecule has 0 saturated heterocycles. The van der Waals surface area contributed by atoms with Gasteiger partial charge in [0.25, 0.3) is 5.78 Å². The summed E-state index contributed by atoms with van der Waals surface area (Å²) in [5.74, 6) is -1.15. The number of ether oxygens (including phenoxy) is 2. The third-order valence-electron chi connectivity index (χ3n) is 2.01. The van der Waals surface area contributed by atoms with Gasteiger partial charge in [-0.1, -0.05) is 0 Å². The minimum atomic E-state index is -0.915. The molecule has 0 aliphatic rings. The zero-order valence-electron chi connectivity index (χ0n) is 10.0. The van der Waals surface area contributed by atoms with Crippen LogP contribution in [0, 0.1) is 0 Å². The number of ketones is 1. The van der Waals surface area contributed by atoms with Crippen LogP contribution in [0.1, 0.15) is 24.2 Å². The van der Waals surface area contributed by atoms with Gasteiger partial charge in [0.05, 0.1) is 18.9 Å². The fourth-order valence-electron chi connectivity index (χ4n) is 1.26. The maximum Gasteiger partial charge on any atom is 0.379 e. The molecule has 92 valence electrons. The number of benzene rings is 1. The highest BCUT2D eigenvalue weighted by Gasteiger charge is 2.17. The average Bonchev–Trinajstić information content (AvgIpc) is 2.29. The first-order valence-electron chi connectivity index (χ1n) is 5.14. The van der Waals surface area contributed by atoms with E-state index in [1.807, 2.05) is 13.8 Å². The quantitative estimate of drug-likeness (QED) is 0.371. The van der Waals surface area contributed by atoms with E-state index in [1.54, 1.807) is 6.07 Å². The molecule has 0 spiro atoms. The summed E-state index contributed by atoms with van der Waals surface area (Å²) in [6.07, 6.45) is -0.0144. The van der Waals surface area contributed by atoms with Gasteiger partial charge in [-0.25, -0.2) is 4.79 Å². The van der Waals surface area contributed by atoms with E-state index in [-0.39, 0.29) is 11.7 Å². The summed E-state index contributed by atoms with van der Waals surface area (Å²) in [5.41, 5.74) is 6.22. The first-order chi connectivity index (χ1) is 7.95. The third-order valence-corrected chi connectivity index (χ3v) is 2.01. The van der Waals surface area contributed by atoms with Crippen molar-refractivity contribution in [2.24, 2.45) is 0 Å². The van der Waals surface area contributed by atoms with Gasteiger partial charge in [-0.15, -0.1) is 0 Å². The number of nitrogens with two attached hydrogens (primary N) is 1. The average molecular weight is 237 g/mol. The van der Waals surface area contributed by atoms with E-state index in [1.165, 1.54) is 12.1 Å². The SMILES string of the molecule is COC(=O)C(=O)c1ccc(OC(C)C)c(N)c1. The predicted molar refractivity (Wildman–Crippen MR) is 63.0 cm³/mol. The van der Waals surface area contributed by atoms with Gasteiger partial charge in [0.1, 0.15) is 5.75 Å². The van der Waals surface area contributed by atoms with Crippen molar-refractivity contribution >= 4 is 17.4 Å². The van der Waals surface area contributed by atoms with Crippen molar-refractivity contribution in [3.8, 4) is 5.75 Å². The fraction of sp³-hybridized carbons (Fsp3) is 0.333. The lowest BCUT2D eigenvalue weighted by Gasteiger charge is -2.12. The van der Waals surface area contributed by atoms with Crippen molar-refractivity contribution in [2.45, 2.75) is 20.0 Å². The van der Waals surface area contributed by atoms with Crippen LogP contribution in [0.2, 0.25) is 0 Å². The van der Waals surface area contributed by atoms with E-state index in [0.717, 1.165) is 7.11 Å². The van der Waals surface area contributed by atoms with E-state index in [2.05, 4.69) is 4.74 Å². The maximum absolute atomic E-state index is 11.5. The zero-order chi connectivity index (χ0) is 13.0. The minimum absolute atomic E-state index is 0.0144. The molecule has 0 heterocycles. The number of Topliss-reactive ketones (excluding diaryl/α,β-unsaturated/α-hetero) is 1. The summed E-state index contributed by atoms with van der Waals surface area (Å²) in [4.78, 5) is 22.5. The summed E-state index contributed by atoms with van der Waals surface area (Å²) in [5, 5.41) is 0. The number of hydrogen-bond acceptors (Lipinski definition) is 5. The Bertz CT molecular complexity index is 440. The summed E-state index contributed by atoms with van der Waals surface area (Å²) >= 11 is 0. The van der Waals surface area contributed by atoms with Gasteiger partial charge in [0.15, 0.2) is 0 Å². The molecule has 0 saturated carbocycles. The first-order valence-corrected chi connectivity index (χ1v) is 5.14. The van der Waals surface area contributed by atoms with Crippen LogP contribution in [-0.2, 0) is 9.53 Å². The lowest BCUT2D eigenvalue weighted by molar-refractivity contribution is -0.135. The molecule has 0 aliphatic carbocycles. The van der Waals surface area contributed by atoms with Crippen LogP contribution >= 0.6 is 0 Å². The molecule has 0 unspecified atom stereocenters. The Labute approximate surface area is 99.5 Å². The second-order valence-corrected chi connectivity index (χ2v) is 3.74. The van der Waals surface area contributed by atoms with Crippen LogP contribution in [-0.4, -0.2) is 25.0 Å². The summed E-state index contributed by atoms with van der Waals surface area (Å²) < 4.78 is 9.75. The molecule has 5 heteroatoms. The number of methoxy groups -OCH3 is 1. The summed E-state index contributed by atoms with van der Waals surface area (Å²) in [6, 6.07) is 4.44. The van der Waals surface area contributed by atoms with Gasteiger partial charge < -0.3 is 15.2 Å². The van der Waals surface area contributed by atoms with Crippen molar-refractivity contribution < 1.29 is 19.1 Å². The summed E-state index contributed by atoms with van der Waals surface area (Å²) in [6.45, 7) is 3.74. The Kier molecular flexibility index (Phi) is 4.09. The molecular weight excluding hydrogens is 222 g/mol. The van der Waals surface area contributed by atoms with Gasteiger partial charge in [-0.05, 0) is 32.0 Å². The first kappa shape index (κ1) is 13.0. The Morgan fingerprint density at radius 1 is 1.29 bits per heavy atom. The number of esters is 1. The second kappa shape index (κ2) is 5.34. The van der Waals surface area contributed by atoms with Gasteiger partial charge >= 0.3 is 5.97 Å². The molecule has 1 aromatic rings. The van der Waals surface area contributed by atoms with E-state index < -0.39 is 11.8 Å². The van der Waals surface area contributed by atoms with Gasteiger partial charge in [0.2, 0.25) is 0 Å². The van der Waals surface area contributed by atoms with Crippen molar-refractivity contribution in [1.29, 1.82) is 0 Å². The van der Waals surface area contributed by atoms with Crippen LogP contribution in [0.25, 0.3) is 0 Å². The molecule has 17 heavy (non-hydrogen) atoms. The monoisotopic (exact) mass is 237 g/mol. The summed E-state index contributed by atoms with van der Waals surface area (Å²) in [7, 11) is 1.15. The topological polar surface area (TPSA) is 78.6 Å². The van der Waals surface area contributed by atoms with Gasteiger partial charge in [0, 0.05) is 5.56 Å². The molecule has 0 aromatic heterocycles. The minimum Gasteiger partial charge on any atom is -0.489 e. The van der Waals surface area contributed by atoms with Crippen LogP contribution in [0.5, 0.6) is 5.75 Å². The van der Waals surface area contributed by atoms with E-state index >= 15 is 0 Å². The van der Waals surface area contributed by atoms with Gasteiger partial charge in [-0.2, -0.15) is 0 Å². The number of nitrogen functional groups attached to an aromatic ring is 1. The molecule has 0 bridgehead atoms. The lowest BCUT2D eigenvalue weighted by Crippen LogP contribution is -2.16. The zero-order valence-corrected chi connectivity index (χ0v) is 10.0. The number of carbonyl (C=O) groups is 2. The maximum atomic E-state index is 11.5. The van der Waals surface area contributed by atoms with E-state index in [4.69, 9.17) is 10.5 Å². The molecule has 0 aliphatic heterocycles.